The lowest BCUT2D eigenvalue weighted by Crippen LogP contribution is -2.24. The van der Waals surface area contributed by atoms with Gasteiger partial charge < -0.3 is 10.1 Å². The van der Waals surface area contributed by atoms with Crippen molar-refractivity contribution in [1.82, 2.24) is 4.98 Å². The van der Waals surface area contributed by atoms with Crippen LogP contribution >= 0.6 is 0 Å². The summed E-state index contributed by atoms with van der Waals surface area (Å²) < 4.78 is 29.4. The Morgan fingerprint density at radius 2 is 1.90 bits per heavy atom. The van der Waals surface area contributed by atoms with E-state index < -0.39 is 21.4 Å². The highest BCUT2D eigenvalue weighted by Gasteiger charge is 2.30. The fourth-order valence-electron chi connectivity index (χ4n) is 3.73. The first-order valence-electron chi connectivity index (χ1n) is 9.28. The molecule has 1 aliphatic carbocycles. The number of Topliss-reactive ketones (excluding diaryl/α,β-unsaturated/α-hetero) is 1. The summed E-state index contributed by atoms with van der Waals surface area (Å²) in [5.41, 5.74) is 1.76. The molecule has 1 N–H and O–H groups in total. The topological polar surface area (TPSA) is 102 Å². The van der Waals surface area contributed by atoms with Crippen molar-refractivity contribution < 1.29 is 22.7 Å². The molecule has 0 unspecified atom stereocenters. The lowest BCUT2D eigenvalue weighted by Gasteiger charge is -2.23. The second kappa shape index (κ2) is 7.53. The molecule has 2 heterocycles. The molecule has 8 heteroatoms. The Bertz CT molecular complexity index is 1130. The second-order valence-corrected chi connectivity index (χ2v) is 9.21. The molecule has 0 bridgehead atoms. The molecule has 7 nitrogen and oxygen atoms in total. The average Bonchev–Trinajstić information content (AvgIpc) is 2.71. The number of anilines is 1. The van der Waals surface area contributed by atoms with E-state index >= 15 is 0 Å². The Balaban J connectivity index is 1.64. The summed E-state index contributed by atoms with van der Waals surface area (Å²) in [6, 6.07) is 6.20. The molecule has 2 aliphatic rings. The summed E-state index contributed by atoms with van der Waals surface area (Å²) in [7, 11) is -3.64. The predicted molar refractivity (Wildman–Crippen MR) is 107 cm³/mol. The first kappa shape index (κ1) is 19.5. The molecule has 1 aliphatic heterocycles. The van der Waals surface area contributed by atoms with Gasteiger partial charge in [-0.3, -0.25) is 14.6 Å². The third-order valence-corrected chi connectivity index (χ3v) is 6.31. The fraction of sp³-hybridized carbons (Fsp3) is 0.286. The highest BCUT2D eigenvalue weighted by atomic mass is 32.2. The molecule has 1 saturated heterocycles. The van der Waals surface area contributed by atoms with Gasteiger partial charge in [0, 0.05) is 37.3 Å². The average molecular weight is 412 g/mol. The van der Waals surface area contributed by atoms with Crippen LogP contribution in [0.2, 0.25) is 0 Å². The third kappa shape index (κ3) is 3.86. The smallest absolute Gasteiger partial charge is 0.210 e. The summed E-state index contributed by atoms with van der Waals surface area (Å²) in [4.78, 5) is 29.7. The molecule has 1 aromatic heterocycles. The number of pyridine rings is 1. The van der Waals surface area contributed by atoms with Gasteiger partial charge in [0.2, 0.25) is 5.78 Å². The Morgan fingerprint density at radius 3 is 2.62 bits per heavy atom. The molecular formula is C21H20N2O5S. The van der Waals surface area contributed by atoms with Gasteiger partial charge in [0.15, 0.2) is 15.6 Å². The molecule has 2 aromatic rings. The molecule has 0 spiro atoms. The number of benzene rings is 1. The predicted octanol–water partition coefficient (Wildman–Crippen LogP) is 2.75. The SMILES string of the molecule is CS(=O)(=O)c1cccc2c1C(=O)C=C(Nc1cncc(C3CCOCC3)c1)C2=O. The fourth-order valence-corrected chi connectivity index (χ4v) is 4.63. The van der Waals surface area contributed by atoms with E-state index in [2.05, 4.69) is 10.3 Å². The van der Waals surface area contributed by atoms with Gasteiger partial charge in [0.05, 0.1) is 28.0 Å². The molecule has 1 fully saturated rings. The van der Waals surface area contributed by atoms with Crippen LogP contribution in [0.1, 0.15) is 45.0 Å². The van der Waals surface area contributed by atoms with Crippen LogP contribution in [-0.2, 0) is 14.6 Å². The van der Waals surface area contributed by atoms with Crippen molar-refractivity contribution >= 4 is 27.1 Å². The number of carbonyl (C=O) groups excluding carboxylic acids is 2. The zero-order chi connectivity index (χ0) is 20.6. The molecule has 0 amide bonds. The van der Waals surface area contributed by atoms with Crippen molar-refractivity contribution in [3.63, 3.8) is 0 Å². The van der Waals surface area contributed by atoms with Gasteiger partial charge in [-0.25, -0.2) is 8.42 Å². The number of hydrogen-bond donors (Lipinski definition) is 1. The zero-order valence-corrected chi connectivity index (χ0v) is 16.7. The van der Waals surface area contributed by atoms with Gasteiger partial charge in [0.1, 0.15) is 0 Å². The lowest BCUT2D eigenvalue weighted by atomic mass is 9.91. The van der Waals surface area contributed by atoms with Crippen LogP contribution < -0.4 is 5.32 Å². The molecule has 0 radical (unpaired) electrons. The van der Waals surface area contributed by atoms with Crippen LogP contribution in [0.4, 0.5) is 5.69 Å². The number of aromatic nitrogens is 1. The maximum absolute atomic E-state index is 12.9. The van der Waals surface area contributed by atoms with E-state index in [-0.39, 0.29) is 21.7 Å². The Hall–Kier alpha value is -2.84. The minimum absolute atomic E-state index is 0.0698. The summed E-state index contributed by atoms with van der Waals surface area (Å²) in [5, 5.41) is 2.99. The summed E-state index contributed by atoms with van der Waals surface area (Å²) in [6.45, 7) is 1.42. The highest BCUT2D eigenvalue weighted by molar-refractivity contribution is 7.90. The number of fused-ring (bicyclic) bond motifs is 1. The minimum Gasteiger partial charge on any atom is -0.381 e. The Kier molecular flexibility index (Phi) is 5.06. The number of rotatable bonds is 4. The summed E-state index contributed by atoms with van der Waals surface area (Å²) >= 11 is 0. The molecule has 1 aromatic carbocycles. The second-order valence-electron chi connectivity index (χ2n) is 7.22. The van der Waals surface area contributed by atoms with Crippen molar-refractivity contribution in [3.05, 3.63) is 65.1 Å². The number of ether oxygens (including phenoxy) is 1. The van der Waals surface area contributed by atoms with Crippen LogP contribution in [-0.4, -0.2) is 44.4 Å². The van der Waals surface area contributed by atoms with E-state index in [1.54, 1.807) is 12.4 Å². The number of sulfone groups is 1. The first-order chi connectivity index (χ1) is 13.8. The Morgan fingerprint density at radius 1 is 1.14 bits per heavy atom. The highest BCUT2D eigenvalue weighted by Crippen LogP contribution is 2.30. The van der Waals surface area contributed by atoms with Crippen molar-refractivity contribution in [2.24, 2.45) is 0 Å². The zero-order valence-electron chi connectivity index (χ0n) is 15.8. The first-order valence-corrected chi connectivity index (χ1v) is 11.2. The van der Waals surface area contributed by atoms with Crippen molar-refractivity contribution in [2.75, 3.05) is 24.8 Å². The standard InChI is InChI=1S/C21H20N2O5S/c1-29(26,27)19-4-2-3-16-20(19)18(24)10-17(21(16)25)23-15-9-14(11-22-12-15)13-5-7-28-8-6-13/h2-4,9-13,23H,5-8H2,1H3. The van der Waals surface area contributed by atoms with Crippen LogP contribution in [0, 0.1) is 0 Å². The molecule has 4 rings (SSSR count). The van der Waals surface area contributed by atoms with Crippen molar-refractivity contribution in [3.8, 4) is 0 Å². The number of nitrogens with one attached hydrogen (secondary N) is 1. The van der Waals surface area contributed by atoms with Gasteiger partial charge in [-0.15, -0.1) is 0 Å². The van der Waals surface area contributed by atoms with Gasteiger partial charge in [-0.05, 0) is 36.5 Å². The van der Waals surface area contributed by atoms with Gasteiger partial charge >= 0.3 is 0 Å². The van der Waals surface area contributed by atoms with Crippen molar-refractivity contribution in [2.45, 2.75) is 23.7 Å². The Labute approximate surface area is 168 Å². The molecule has 29 heavy (non-hydrogen) atoms. The summed E-state index contributed by atoms with van der Waals surface area (Å²) in [6.07, 6.45) is 7.38. The van der Waals surface area contributed by atoms with E-state index in [4.69, 9.17) is 4.74 Å². The largest absolute Gasteiger partial charge is 0.381 e. The van der Waals surface area contributed by atoms with E-state index in [1.807, 2.05) is 6.07 Å². The lowest BCUT2D eigenvalue weighted by molar-refractivity contribution is 0.0853. The van der Waals surface area contributed by atoms with Gasteiger partial charge in [-0.2, -0.15) is 0 Å². The normalized spacial score (nSPS) is 17.6. The van der Waals surface area contributed by atoms with Gasteiger partial charge in [-0.1, -0.05) is 12.1 Å². The van der Waals surface area contributed by atoms with Crippen LogP contribution in [0.3, 0.4) is 0 Å². The maximum Gasteiger partial charge on any atom is 0.210 e. The molecular weight excluding hydrogens is 392 g/mol. The van der Waals surface area contributed by atoms with Crippen LogP contribution in [0.25, 0.3) is 0 Å². The van der Waals surface area contributed by atoms with E-state index in [1.165, 1.54) is 18.2 Å². The van der Waals surface area contributed by atoms with E-state index in [0.717, 1.165) is 30.7 Å². The number of allylic oxidation sites excluding steroid dienone is 2. The van der Waals surface area contributed by atoms with Crippen molar-refractivity contribution in [1.29, 1.82) is 0 Å². The molecule has 0 saturated carbocycles. The van der Waals surface area contributed by atoms with Gasteiger partial charge in [0.25, 0.3) is 0 Å². The van der Waals surface area contributed by atoms with Crippen LogP contribution in [0.15, 0.2) is 53.3 Å². The minimum atomic E-state index is -3.64. The number of ketones is 2. The van der Waals surface area contributed by atoms with E-state index in [0.29, 0.717) is 24.8 Å². The number of carbonyl (C=O) groups is 2. The van der Waals surface area contributed by atoms with E-state index in [9.17, 15) is 18.0 Å². The third-order valence-electron chi connectivity index (χ3n) is 5.17. The summed E-state index contributed by atoms with van der Waals surface area (Å²) in [5.74, 6) is -0.605. The molecule has 150 valence electrons. The maximum atomic E-state index is 12.9. The monoisotopic (exact) mass is 412 g/mol. The number of nitrogens with zero attached hydrogens (tertiary/aromatic N) is 1. The molecule has 0 atom stereocenters. The quantitative estimate of drug-likeness (QED) is 0.824. The van der Waals surface area contributed by atoms with Crippen LogP contribution in [0.5, 0.6) is 0 Å². The number of hydrogen-bond acceptors (Lipinski definition) is 7.